The van der Waals surface area contributed by atoms with Crippen LogP contribution in [-0.4, -0.2) is 31.8 Å². The topological polar surface area (TPSA) is 69.1 Å². The standard InChI is InChI=1S/C11H13BrN2O2/c12-6-5-9(15)11(16)10-7-3-1-2-4-8(7)13-14-10/h1-4,9,11,15-16H,5-6H2,(H,13,14). The molecule has 0 saturated carbocycles. The van der Waals surface area contributed by atoms with E-state index in [0.717, 1.165) is 10.9 Å². The molecule has 1 aromatic heterocycles. The normalized spacial score (nSPS) is 15.2. The summed E-state index contributed by atoms with van der Waals surface area (Å²) in [5.41, 5.74) is 1.37. The van der Waals surface area contributed by atoms with Gasteiger partial charge in [0.2, 0.25) is 0 Å². The molecule has 5 heteroatoms. The van der Waals surface area contributed by atoms with Gasteiger partial charge >= 0.3 is 0 Å². The zero-order chi connectivity index (χ0) is 11.5. The van der Waals surface area contributed by atoms with Crippen molar-refractivity contribution in [2.75, 3.05) is 5.33 Å². The van der Waals surface area contributed by atoms with Gasteiger partial charge in [0.05, 0.1) is 17.3 Å². The summed E-state index contributed by atoms with van der Waals surface area (Å²) >= 11 is 3.23. The van der Waals surface area contributed by atoms with E-state index < -0.39 is 12.2 Å². The number of H-pyrrole nitrogens is 1. The minimum absolute atomic E-state index is 0.495. The Labute approximate surface area is 101 Å². The Morgan fingerprint density at radius 3 is 2.81 bits per heavy atom. The smallest absolute Gasteiger partial charge is 0.122 e. The maximum atomic E-state index is 9.96. The van der Waals surface area contributed by atoms with E-state index >= 15 is 0 Å². The first-order chi connectivity index (χ1) is 7.74. The minimum atomic E-state index is -0.926. The monoisotopic (exact) mass is 284 g/mol. The van der Waals surface area contributed by atoms with E-state index in [2.05, 4.69) is 26.1 Å². The molecular weight excluding hydrogens is 272 g/mol. The second-order valence-corrected chi connectivity index (χ2v) is 4.44. The molecule has 0 fully saturated rings. The number of aromatic nitrogens is 2. The fourth-order valence-corrected chi connectivity index (χ4v) is 2.14. The molecule has 16 heavy (non-hydrogen) atoms. The quantitative estimate of drug-likeness (QED) is 0.749. The predicted octanol–water partition coefficient (Wildman–Crippen LogP) is 1.74. The molecule has 3 N–H and O–H groups in total. The van der Waals surface area contributed by atoms with Crippen LogP contribution in [0.25, 0.3) is 10.9 Å². The summed E-state index contributed by atoms with van der Waals surface area (Å²) in [6.07, 6.45) is -1.22. The first kappa shape index (κ1) is 11.6. The van der Waals surface area contributed by atoms with Crippen LogP contribution in [0, 0.1) is 0 Å². The molecule has 0 bridgehead atoms. The highest BCUT2D eigenvalue weighted by Gasteiger charge is 2.21. The van der Waals surface area contributed by atoms with E-state index in [1.807, 2.05) is 24.3 Å². The molecule has 2 aromatic rings. The van der Waals surface area contributed by atoms with Gasteiger partial charge < -0.3 is 10.2 Å². The molecule has 0 aliphatic rings. The lowest BCUT2D eigenvalue weighted by molar-refractivity contribution is 0.0156. The number of nitrogens with one attached hydrogen (secondary N) is 1. The number of aromatic amines is 1. The van der Waals surface area contributed by atoms with E-state index in [4.69, 9.17) is 0 Å². The number of alkyl halides is 1. The van der Waals surface area contributed by atoms with Crippen molar-refractivity contribution >= 4 is 26.8 Å². The number of aliphatic hydroxyl groups is 2. The molecule has 0 radical (unpaired) electrons. The van der Waals surface area contributed by atoms with E-state index in [-0.39, 0.29) is 0 Å². The number of rotatable bonds is 4. The predicted molar refractivity (Wildman–Crippen MR) is 65.5 cm³/mol. The average Bonchev–Trinajstić information content (AvgIpc) is 2.72. The summed E-state index contributed by atoms with van der Waals surface area (Å²) in [6.45, 7) is 0. The molecular formula is C11H13BrN2O2. The van der Waals surface area contributed by atoms with Crippen LogP contribution < -0.4 is 0 Å². The summed E-state index contributed by atoms with van der Waals surface area (Å²) in [4.78, 5) is 0. The molecule has 0 aliphatic carbocycles. The zero-order valence-corrected chi connectivity index (χ0v) is 10.2. The lowest BCUT2D eigenvalue weighted by Crippen LogP contribution is -2.19. The van der Waals surface area contributed by atoms with Crippen molar-refractivity contribution in [3.63, 3.8) is 0 Å². The number of para-hydroxylation sites is 1. The Morgan fingerprint density at radius 2 is 2.06 bits per heavy atom. The minimum Gasteiger partial charge on any atom is -0.390 e. The number of hydrogen-bond acceptors (Lipinski definition) is 3. The summed E-state index contributed by atoms with van der Waals surface area (Å²) in [6, 6.07) is 7.50. The van der Waals surface area contributed by atoms with Crippen molar-refractivity contribution in [2.45, 2.75) is 18.6 Å². The lowest BCUT2D eigenvalue weighted by atomic mass is 10.1. The van der Waals surface area contributed by atoms with E-state index in [1.165, 1.54) is 0 Å². The Morgan fingerprint density at radius 1 is 1.31 bits per heavy atom. The number of fused-ring (bicyclic) bond motifs is 1. The van der Waals surface area contributed by atoms with Gasteiger partial charge in [0.25, 0.3) is 0 Å². The molecule has 0 aliphatic heterocycles. The number of halogens is 1. The van der Waals surface area contributed by atoms with Crippen molar-refractivity contribution in [1.29, 1.82) is 0 Å². The van der Waals surface area contributed by atoms with E-state index in [1.54, 1.807) is 0 Å². The van der Waals surface area contributed by atoms with Crippen molar-refractivity contribution in [3.8, 4) is 0 Å². The van der Waals surface area contributed by atoms with Gasteiger partial charge in [0.15, 0.2) is 0 Å². The summed E-state index contributed by atoms with van der Waals surface area (Å²) < 4.78 is 0. The van der Waals surface area contributed by atoms with Gasteiger partial charge in [-0.1, -0.05) is 34.1 Å². The molecule has 0 spiro atoms. The van der Waals surface area contributed by atoms with Crippen molar-refractivity contribution in [3.05, 3.63) is 30.0 Å². The van der Waals surface area contributed by atoms with Gasteiger partial charge in [0.1, 0.15) is 6.10 Å². The number of nitrogens with zero attached hydrogens (tertiary/aromatic N) is 1. The van der Waals surface area contributed by atoms with Crippen LogP contribution in [0.1, 0.15) is 18.2 Å². The molecule has 2 unspecified atom stereocenters. The second kappa shape index (κ2) is 4.95. The van der Waals surface area contributed by atoms with Gasteiger partial charge in [-0.2, -0.15) is 5.10 Å². The van der Waals surface area contributed by atoms with Gasteiger partial charge in [-0.15, -0.1) is 0 Å². The van der Waals surface area contributed by atoms with Gasteiger partial charge in [-0.25, -0.2) is 0 Å². The maximum absolute atomic E-state index is 9.96. The fraction of sp³-hybridized carbons (Fsp3) is 0.364. The second-order valence-electron chi connectivity index (χ2n) is 3.64. The fourth-order valence-electron chi connectivity index (χ4n) is 1.67. The first-order valence-electron chi connectivity index (χ1n) is 5.09. The van der Waals surface area contributed by atoms with Crippen LogP contribution >= 0.6 is 15.9 Å². The van der Waals surface area contributed by atoms with Crippen molar-refractivity contribution < 1.29 is 10.2 Å². The zero-order valence-electron chi connectivity index (χ0n) is 8.60. The molecule has 1 heterocycles. The van der Waals surface area contributed by atoms with Crippen LogP contribution in [0.5, 0.6) is 0 Å². The van der Waals surface area contributed by atoms with E-state index in [9.17, 15) is 10.2 Å². The van der Waals surface area contributed by atoms with Crippen LogP contribution in [0.3, 0.4) is 0 Å². The molecule has 1 aromatic carbocycles. The molecule has 0 amide bonds. The SMILES string of the molecule is OC(CCBr)C(O)c1[nH]nc2ccccc12. The van der Waals surface area contributed by atoms with Crippen molar-refractivity contribution in [1.82, 2.24) is 10.2 Å². The Bertz CT molecular complexity index is 472. The van der Waals surface area contributed by atoms with Crippen LogP contribution in [-0.2, 0) is 0 Å². The third-order valence-electron chi connectivity index (χ3n) is 2.56. The summed E-state index contributed by atoms with van der Waals surface area (Å²) in [5, 5.41) is 28.0. The van der Waals surface area contributed by atoms with Crippen LogP contribution in [0.4, 0.5) is 0 Å². The molecule has 4 nitrogen and oxygen atoms in total. The number of benzene rings is 1. The van der Waals surface area contributed by atoms with Gasteiger partial charge in [-0.3, -0.25) is 5.10 Å². The molecule has 86 valence electrons. The van der Waals surface area contributed by atoms with Crippen molar-refractivity contribution in [2.24, 2.45) is 0 Å². The average molecular weight is 285 g/mol. The first-order valence-corrected chi connectivity index (χ1v) is 6.21. The summed E-state index contributed by atoms with van der Waals surface area (Å²) in [5.74, 6) is 0. The number of aliphatic hydroxyl groups excluding tert-OH is 2. The largest absolute Gasteiger partial charge is 0.390 e. The molecule has 2 atom stereocenters. The van der Waals surface area contributed by atoms with Gasteiger partial charge in [-0.05, 0) is 12.5 Å². The Hall–Kier alpha value is -0.910. The third kappa shape index (κ3) is 2.11. The third-order valence-corrected chi connectivity index (χ3v) is 3.01. The lowest BCUT2D eigenvalue weighted by Gasteiger charge is -2.15. The van der Waals surface area contributed by atoms with Gasteiger partial charge in [0, 0.05) is 10.7 Å². The molecule has 0 saturated heterocycles. The Kier molecular flexibility index (Phi) is 3.58. The van der Waals surface area contributed by atoms with Crippen LogP contribution in [0.15, 0.2) is 24.3 Å². The maximum Gasteiger partial charge on any atom is 0.122 e. The number of hydrogen-bond donors (Lipinski definition) is 3. The highest BCUT2D eigenvalue weighted by atomic mass is 79.9. The molecule has 2 rings (SSSR count). The highest BCUT2D eigenvalue weighted by Crippen LogP contribution is 2.24. The Balaban J connectivity index is 2.32. The summed E-state index contributed by atoms with van der Waals surface area (Å²) in [7, 11) is 0. The highest BCUT2D eigenvalue weighted by molar-refractivity contribution is 9.09. The van der Waals surface area contributed by atoms with Crippen LogP contribution in [0.2, 0.25) is 0 Å². The van der Waals surface area contributed by atoms with E-state index in [0.29, 0.717) is 17.4 Å².